The van der Waals surface area contributed by atoms with Crippen molar-refractivity contribution in [1.29, 1.82) is 5.26 Å². The van der Waals surface area contributed by atoms with Gasteiger partial charge in [0.05, 0.1) is 5.69 Å². The van der Waals surface area contributed by atoms with Crippen molar-refractivity contribution in [2.24, 2.45) is 0 Å². The van der Waals surface area contributed by atoms with Crippen LogP contribution in [0.1, 0.15) is 24.2 Å². The van der Waals surface area contributed by atoms with E-state index < -0.39 is 0 Å². The average Bonchev–Trinajstić information content (AvgIpc) is 2.41. The molecule has 0 aliphatic heterocycles. The lowest BCUT2D eigenvalue weighted by atomic mass is 10.1. The van der Waals surface area contributed by atoms with E-state index in [9.17, 15) is 0 Å². The van der Waals surface area contributed by atoms with Gasteiger partial charge in [-0.05, 0) is 36.8 Å². The summed E-state index contributed by atoms with van der Waals surface area (Å²) in [5, 5.41) is 12.1. The van der Waals surface area contributed by atoms with Crippen LogP contribution in [0.4, 0.5) is 11.5 Å². The van der Waals surface area contributed by atoms with E-state index in [1.54, 1.807) is 12.1 Å². The molecule has 0 aliphatic rings. The number of anilines is 2. The monoisotopic (exact) mass is 316 g/mol. The molecule has 1 heterocycles. The standard InChI is InChI=1S/C14H13BrN4/c1-9(10-2-4-11(15)5-3-10)18-14-7-6-12(17)13(8-16)19-14/h2-7,9H,17H2,1H3,(H,18,19). The maximum Gasteiger partial charge on any atom is 0.165 e. The molecule has 2 rings (SSSR count). The molecule has 0 bridgehead atoms. The van der Waals surface area contributed by atoms with Gasteiger partial charge < -0.3 is 11.1 Å². The Hall–Kier alpha value is -2.06. The maximum absolute atomic E-state index is 8.90. The van der Waals surface area contributed by atoms with Gasteiger partial charge in [-0.25, -0.2) is 4.98 Å². The highest BCUT2D eigenvalue weighted by molar-refractivity contribution is 9.10. The second kappa shape index (κ2) is 5.72. The van der Waals surface area contributed by atoms with Gasteiger partial charge in [0.25, 0.3) is 0 Å². The number of hydrogen-bond acceptors (Lipinski definition) is 4. The van der Waals surface area contributed by atoms with Gasteiger partial charge in [-0.15, -0.1) is 0 Å². The molecule has 2 aromatic rings. The molecule has 0 radical (unpaired) electrons. The number of rotatable bonds is 3. The zero-order valence-electron chi connectivity index (χ0n) is 10.4. The molecule has 96 valence electrons. The SMILES string of the molecule is CC(Nc1ccc(N)c(C#N)n1)c1ccc(Br)cc1. The third-order valence-corrected chi connectivity index (χ3v) is 3.30. The van der Waals surface area contributed by atoms with Crippen LogP contribution >= 0.6 is 15.9 Å². The number of hydrogen-bond donors (Lipinski definition) is 2. The number of nitrogens with one attached hydrogen (secondary N) is 1. The fraction of sp³-hybridized carbons (Fsp3) is 0.143. The summed E-state index contributed by atoms with van der Waals surface area (Å²) in [7, 11) is 0. The largest absolute Gasteiger partial charge is 0.396 e. The first-order valence-corrected chi connectivity index (χ1v) is 6.58. The van der Waals surface area contributed by atoms with E-state index in [-0.39, 0.29) is 11.7 Å². The van der Waals surface area contributed by atoms with E-state index in [1.807, 2.05) is 37.3 Å². The van der Waals surface area contributed by atoms with Crippen LogP contribution in [0.15, 0.2) is 40.9 Å². The van der Waals surface area contributed by atoms with Crippen LogP contribution in [-0.4, -0.2) is 4.98 Å². The van der Waals surface area contributed by atoms with Crippen LogP contribution in [0.2, 0.25) is 0 Å². The van der Waals surface area contributed by atoms with E-state index in [0.717, 1.165) is 10.0 Å². The Kier molecular flexibility index (Phi) is 4.03. The molecular weight excluding hydrogens is 304 g/mol. The topological polar surface area (TPSA) is 74.7 Å². The highest BCUT2D eigenvalue weighted by Crippen LogP contribution is 2.21. The van der Waals surface area contributed by atoms with Gasteiger partial charge >= 0.3 is 0 Å². The lowest BCUT2D eigenvalue weighted by molar-refractivity contribution is 0.873. The molecule has 19 heavy (non-hydrogen) atoms. The van der Waals surface area contributed by atoms with Crippen molar-refractivity contribution in [3.05, 3.63) is 52.1 Å². The molecule has 0 saturated carbocycles. The number of aromatic nitrogens is 1. The zero-order valence-corrected chi connectivity index (χ0v) is 12.0. The first-order chi connectivity index (χ1) is 9.10. The van der Waals surface area contributed by atoms with Crippen LogP contribution < -0.4 is 11.1 Å². The second-order valence-electron chi connectivity index (χ2n) is 4.16. The highest BCUT2D eigenvalue weighted by Gasteiger charge is 2.07. The fourth-order valence-electron chi connectivity index (χ4n) is 1.70. The number of nitrogen functional groups attached to an aromatic ring is 1. The number of nitrogens with two attached hydrogens (primary N) is 1. The molecule has 3 N–H and O–H groups in total. The molecule has 1 atom stereocenters. The predicted molar refractivity (Wildman–Crippen MR) is 79.5 cm³/mol. The van der Waals surface area contributed by atoms with E-state index in [0.29, 0.717) is 11.5 Å². The minimum absolute atomic E-state index is 0.0933. The van der Waals surface area contributed by atoms with Crippen LogP contribution in [0, 0.1) is 11.3 Å². The number of benzene rings is 1. The van der Waals surface area contributed by atoms with Crippen molar-refractivity contribution in [3.63, 3.8) is 0 Å². The summed E-state index contributed by atoms with van der Waals surface area (Å²) >= 11 is 3.41. The summed E-state index contributed by atoms with van der Waals surface area (Å²) in [6, 6.07) is 13.6. The molecular formula is C14H13BrN4. The lowest BCUT2D eigenvalue weighted by Gasteiger charge is -2.15. The molecule has 1 aromatic heterocycles. The van der Waals surface area contributed by atoms with Crippen molar-refractivity contribution in [3.8, 4) is 6.07 Å². The van der Waals surface area contributed by atoms with Crippen molar-refractivity contribution >= 4 is 27.4 Å². The molecule has 1 aromatic carbocycles. The van der Waals surface area contributed by atoms with Gasteiger partial charge in [0, 0.05) is 10.5 Å². The normalized spacial score (nSPS) is 11.6. The lowest BCUT2D eigenvalue weighted by Crippen LogP contribution is -2.08. The Balaban J connectivity index is 2.17. The summed E-state index contributed by atoms with van der Waals surface area (Å²) in [6.45, 7) is 2.04. The fourth-order valence-corrected chi connectivity index (χ4v) is 1.96. The minimum Gasteiger partial charge on any atom is -0.396 e. The number of pyridine rings is 1. The van der Waals surface area contributed by atoms with Crippen LogP contribution in [0.25, 0.3) is 0 Å². The van der Waals surface area contributed by atoms with Gasteiger partial charge in [-0.3, -0.25) is 0 Å². The highest BCUT2D eigenvalue weighted by atomic mass is 79.9. The predicted octanol–water partition coefficient (Wildman–Crippen LogP) is 3.47. The van der Waals surface area contributed by atoms with Crippen molar-refractivity contribution in [1.82, 2.24) is 4.98 Å². The van der Waals surface area contributed by atoms with Gasteiger partial charge in [0.15, 0.2) is 5.69 Å². The van der Waals surface area contributed by atoms with E-state index in [1.165, 1.54) is 0 Å². The zero-order chi connectivity index (χ0) is 13.8. The smallest absolute Gasteiger partial charge is 0.165 e. The minimum atomic E-state index is 0.0933. The van der Waals surface area contributed by atoms with Crippen molar-refractivity contribution < 1.29 is 0 Å². The number of nitriles is 1. The average molecular weight is 317 g/mol. The Morgan fingerprint density at radius 3 is 2.58 bits per heavy atom. The molecule has 0 spiro atoms. The molecule has 0 amide bonds. The summed E-state index contributed by atoms with van der Waals surface area (Å²) < 4.78 is 1.04. The first-order valence-electron chi connectivity index (χ1n) is 5.79. The Morgan fingerprint density at radius 1 is 1.26 bits per heavy atom. The van der Waals surface area contributed by atoms with Crippen LogP contribution in [0.5, 0.6) is 0 Å². The van der Waals surface area contributed by atoms with Gasteiger partial charge in [-0.1, -0.05) is 28.1 Å². The van der Waals surface area contributed by atoms with Crippen LogP contribution in [-0.2, 0) is 0 Å². The summed E-state index contributed by atoms with van der Waals surface area (Å²) in [4.78, 5) is 4.17. The quantitative estimate of drug-likeness (QED) is 0.909. The summed E-state index contributed by atoms with van der Waals surface area (Å²) in [6.07, 6.45) is 0. The number of nitrogens with zero attached hydrogens (tertiary/aromatic N) is 2. The Bertz CT molecular complexity index is 616. The van der Waals surface area contributed by atoms with Crippen molar-refractivity contribution in [2.45, 2.75) is 13.0 Å². The van der Waals surface area contributed by atoms with Crippen LogP contribution in [0.3, 0.4) is 0 Å². The third kappa shape index (κ3) is 3.24. The molecule has 4 nitrogen and oxygen atoms in total. The number of halogens is 1. The Labute approximate surface area is 120 Å². The van der Waals surface area contributed by atoms with Gasteiger partial charge in [0.1, 0.15) is 11.9 Å². The van der Waals surface area contributed by atoms with E-state index >= 15 is 0 Å². The third-order valence-electron chi connectivity index (χ3n) is 2.77. The molecule has 0 saturated heterocycles. The van der Waals surface area contributed by atoms with Gasteiger partial charge in [-0.2, -0.15) is 5.26 Å². The molecule has 0 aliphatic carbocycles. The summed E-state index contributed by atoms with van der Waals surface area (Å²) in [5.41, 5.74) is 7.42. The van der Waals surface area contributed by atoms with Gasteiger partial charge in [0.2, 0.25) is 0 Å². The second-order valence-corrected chi connectivity index (χ2v) is 5.08. The molecule has 0 fully saturated rings. The van der Waals surface area contributed by atoms with E-state index in [2.05, 4.69) is 26.2 Å². The Morgan fingerprint density at radius 2 is 1.95 bits per heavy atom. The van der Waals surface area contributed by atoms with Crippen molar-refractivity contribution in [2.75, 3.05) is 11.1 Å². The van der Waals surface area contributed by atoms with E-state index in [4.69, 9.17) is 11.0 Å². The molecule has 1 unspecified atom stereocenters. The first kappa shape index (κ1) is 13.4. The maximum atomic E-state index is 8.90. The summed E-state index contributed by atoms with van der Waals surface area (Å²) in [5.74, 6) is 0.640. The molecule has 5 heteroatoms.